The fraction of sp³-hybridized carbons (Fsp3) is 0. The van der Waals surface area contributed by atoms with E-state index in [-0.39, 0.29) is 0 Å². The van der Waals surface area contributed by atoms with Crippen LogP contribution in [-0.2, 0) is 0 Å². The lowest BCUT2D eigenvalue weighted by atomic mass is 10.1. The molecule has 0 bridgehead atoms. The minimum atomic E-state index is 0.495. The Kier molecular flexibility index (Phi) is 3.35. The quantitative estimate of drug-likeness (QED) is 0.698. The van der Waals surface area contributed by atoms with Crippen molar-refractivity contribution in [2.75, 3.05) is 11.1 Å². The maximum atomic E-state index is 8.86. The number of nitrogens with zero attached hydrogens (tertiary/aromatic N) is 2. The van der Waals surface area contributed by atoms with E-state index in [4.69, 9.17) is 22.6 Å². The van der Waals surface area contributed by atoms with Gasteiger partial charge in [-0.15, -0.1) is 0 Å². The number of pyridine rings is 1. The molecule has 0 saturated heterocycles. The van der Waals surface area contributed by atoms with E-state index in [0.29, 0.717) is 16.3 Å². The summed E-state index contributed by atoms with van der Waals surface area (Å²) in [6, 6.07) is 14.6. The number of nitrogen functional groups attached to an aromatic ring is 1. The van der Waals surface area contributed by atoms with Gasteiger partial charge in [-0.1, -0.05) is 11.6 Å². The normalized spacial score (nSPS) is 10.3. The van der Waals surface area contributed by atoms with Crippen molar-refractivity contribution >= 4 is 39.6 Å². The van der Waals surface area contributed by atoms with Crippen LogP contribution >= 0.6 is 11.6 Å². The van der Waals surface area contributed by atoms with Crippen molar-refractivity contribution in [3.63, 3.8) is 0 Å². The predicted molar refractivity (Wildman–Crippen MR) is 85.6 cm³/mol. The lowest BCUT2D eigenvalue weighted by Crippen LogP contribution is -1.94. The molecule has 1 aromatic heterocycles. The molecule has 0 amide bonds. The number of nitriles is 1. The van der Waals surface area contributed by atoms with Gasteiger partial charge in [-0.3, -0.25) is 4.98 Å². The number of aromatic nitrogens is 1. The number of nitrogens with two attached hydrogens (primary N) is 1. The topological polar surface area (TPSA) is 74.7 Å². The van der Waals surface area contributed by atoms with Gasteiger partial charge in [0.1, 0.15) is 0 Å². The van der Waals surface area contributed by atoms with Crippen LogP contribution in [0.1, 0.15) is 5.56 Å². The third-order valence-corrected chi connectivity index (χ3v) is 3.45. The summed E-state index contributed by atoms with van der Waals surface area (Å²) in [5, 5.41) is 13.6. The van der Waals surface area contributed by atoms with Crippen LogP contribution in [0.2, 0.25) is 5.02 Å². The molecule has 5 heteroatoms. The van der Waals surface area contributed by atoms with Gasteiger partial charge in [0.2, 0.25) is 0 Å². The van der Waals surface area contributed by atoms with Crippen LogP contribution in [-0.4, -0.2) is 4.98 Å². The first-order chi connectivity index (χ1) is 10.2. The Labute approximate surface area is 126 Å². The Bertz CT molecular complexity index is 868. The van der Waals surface area contributed by atoms with Crippen LogP contribution in [0, 0.1) is 11.3 Å². The maximum absolute atomic E-state index is 8.86. The Morgan fingerprint density at radius 1 is 1.10 bits per heavy atom. The summed E-state index contributed by atoms with van der Waals surface area (Å²) in [5.41, 5.74) is 9.39. The highest BCUT2D eigenvalue weighted by Gasteiger charge is 2.06. The second-order valence-corrected chi connectivity index (χ2v) is 4.97. The van der Waals surface area contributed by atoms with Gasteiger partial charge in [-0.2, -0.15) is 5.26 Å². The first-order valence-corrected chi connectivity index (χ1v) is 6.66. The van der Waals surface area contributed by atoms with E-state index >= 15 is 0 Å². The molecular weight excluding hydrogens is 284 g/mol. The molecule has 2 aromatic carbocycles. The van der Waals surface area contributed by atoms with Gasteiger partial charge in [0, 0.05) is 23.0 Å². The first-order valence-electron chi connectivity index (χ1n) is 6.28. The van der Waals surface area contributed by atoms with Crippen molar-refractivity contribution in [3.05, 3.63) is 59.2 Å². The fourth-order valence-electron chi connectivity index (χ4n) is 2.11. The van der Waals surface area contributed by atoms with Crippen molar-refractivity contribution in [1.29, 1.82) is 5.26 Å². The minimum Gasteiger partial charge on any atom is -0.399 e. The highest BCUT2D eigenvalue weighted by Crippen LogP contribution is 2.30. The molecule has 3 rings (SSSR count). The summed E-state index contributed by atoms with van der Waals surface area (Å²) in [4.78, 5) is 4.30. The zero-order valence-corrected chi connectivity index (χ0v) is 11.7. The molecule has 4 nitrogen and oxygen atoms in total. The SMILES string of the molecule is N#Cc1ccc(Nc2ccnc3cc(N)ccc23)c(Cl)c1. The summed E-state index contributed by atoms with van der Waals surface area (Å²) in [6.07, 6.45) is 1.71. The standard InChI is InChI=1S/C16H11ClN4/c17-13-7-10(9-18)1-4-15(13)21-14-5-6-20-16-8-11(19)2-3-12(14)16/h1-8H,19H2,(H,20,21). The Morgan fingerprint density at radius 2 is 1.95 bits per heavy atom. The van der Waals surface area contributed by atoms with E-state index in [1.54, 1.807) is 24.4 Å². The van der Waals surface area contributed by atoms with Crippen molar-refractivity contribution < 1.29 is 0 Å². The Hall–Kier alpha value is -2.77. The minimum absolute atomic E-state index is 0.495. The van der Waals surface area contributed by atoms with Gasteiger partial charge < -0.3 is 11.1 Å². The number of benzene rings is 2. The molecule has 0 atom stereocenters. The lowest BCUT2D eigenvalue weighted by molar-refractivity contribution is 1.40. The monoisotopic (exact) mass is 294 g/mol. The predicted octanol–water partition coefficient (Wildman–Crippen LogP) is 4.09. The third-order valence-electron chi connectivity index (χ3n) is 3.13. The van der Waals surface area contributed by atoms with Crippen molar-refractivity contribution in [2.24, 2.45) is 0 Å². The van der Waals surface area contributed by atoms with Crippen LogP contribution in [0.5, 0.6) is 0 Å². The van der Waals surface area contributed by atoms with Gasteiger partial charge in [0.25, 0.3) is 0 Å². The molecular formula is C16H11ClN4. The van der Waals surface area contributed by atoms with Gasteiger partial charge >= 0.3 is 0 Å². The molecule has 0 fully saturated rings. The highest BCUT2D eigenvalue weighted by atomic mass is 35.5. The van der Waals surface area contributed by atoms with Gasteiger partial charge in [-0.25, -0.2) is 0 Å². The number of rotatable bonds is 2. The summed E-state index contributed by atoms with van der Waals surface area (Å²) in [5.74, 6) is 0. The van der Waals surface area contributed by atoms with Crippen LogP contribution in [0.15, 0.2) is 48.7 Å². The Morgan fingerprint density at radius 3 is 2.71 bits per heavy atom. The summed E-state index contributed by atoms with van der Waals surface area (Å²) < 4.78 is 0. The Balaban J connectivity index is 2.04. The van der Waals surface area contributed by atoms with E-state index in [1.165, 1.54) is 0 Å². The second-order valence-electron chi connectivity index (χ2n) is 4.57. The molecule has 0 aliphatic carbocycles. The number of anilines is 3. The van der Waals surface area contributed by atoms with Crippen LogP contribution in [0.3, 0.4) is 0 Å². The molecule has 0 radical (unpaired) electrons. The second kappa shape index (κ2) is 5.31. The number of hydrogen-bond acceptors (Lipinski definition) is 4. The molecule has 3 N–H and O–H groups in total. The van der Waals surface area contributed by atoms with Crippen molar-refractivity contribution in [3.8, 4) is 6.07 Å². The fourth-order valence-corrected chi connectivity index (χ4v) is 2.33. The smallest absolute Gasteiger partial charge is 0.0992 e. The highest BCUT2D eigenvalue weighted by molar-refractivity contribution is 6.33. The summed E-state index contributed by atoms with van der Waals surface area (Å²) in [7, 11) is 0. The number of hydrogen-bond donors (Lipinski definition) is 2. The van der Waals surface area contributed by atoms with Crippen LogP contribution in [0.25, 0.3) is 10.9 Å². The van der Waals surface area contributed by atoms with Gasteiger partial charge in [-0.05, 0) is 42.5 Å². The van der Waals surface area contributed by atoms with E-state index in [9.17, 15) is 0 Å². The number of fused-ring (bicyclic) bond motifs is 1. The molecule has 102 valence electrons. The molecule has 0 aliphatic heterocycles. The first kappa shape index (κ1) is 13.2. The average molecular weight is 295 g/mol. The van der Waals surface area contributed by atoms with E-state index < -0.39 is 0 Å². The molecule has 21 heavy (non-hydrogen) atoms. The molecule has 1 heterocycles. The zero-order valence-electron chi connectivity index (χ0n) is 11.0. The number of halogens is 1. The van der Waals surface area contributed by atoms with E-state index in [0.717, 1.165) is 22.3 Å². The summed E-state index contributed by atoms with van der Waals surface area (Å²) in [6.45, 7) is 0. The lowest BCUT2D eigenvalue weighted by Gasteiger charge is -2.11. The van der Waals surface area contributed by atoms with Crippen LogP contribution in [0.4, 0.5) is 17.1 Å². The molecule has 0 saturated carbocycles. The number of nitrogens with one attached hydrogen (secondary N) is 1. The molecule has 0 spiro atoms. The van der Waals surface area contributed by atoms with Crippen molar-refractivity contribution in [1.82, 2.24) is 4.98 Å². The van der Waals surface area contributed by atoms with Crippen molar-refractivity contribution in [2.45, 2.75) is 0 Å². The van der Waals surface area contributed by atoms with E-state index in [1.807, 2.05) is 24.3 Å². The van der Waals surface area contributed by atoms with E-state index in [2.05, 4.69) is 16.4 Å². The molecule has 0 unspecified atom stereocenters. The average Bonchev–Trinajstić information content (AvgIpc) is 2.49. The zero-order chi connectivity index (χ0) is 14.8. The van der Waals surface area contributed by atoms with Gasteiger partial charge in [0.15, 0.2) is 0 Å². The largest absolute Gasteiger partial charge is 0.399 e. The summed E-state index contributed by atoms with van der Waals surface area (Å²) >= 11 is 6.19. The molecule has 3 aromatic rings. The maximum Gasteiger partial charge on any atom is 0.0992 e. The van der Waals surface area contributed by atoms with Crippen LogP contribution < -0.4 is 11.1 Å². The molecule has 0 aliphatic rings. The third kappa shape index (κ3) is 2.60. The van der Waals surface area contributed by atoms with Gasteiger partial charge in [0.05, 0.1) is 27.9 Å².